The fourth-order valence-electron chi connectivity index (χ4n) is 3.06. The largest absolute Gasteiger partial charge is 0.441 e. The Morgan fingerprint density at radius 1 is 1.04 bits per heavy atom. The molecule has 0 aliphatic carbocycles. The number of aryl methyl sites for hydroxylation is 1. The summed E-state index contributed by atoms with van der Waals surface area (Å²) in [4.78, 5) is 11.3. The molecule has 1 fully saturated rings. The molecule has 0 amide bonds. The smallest absolute Gasteiger partial charge is 0.192 e. The number of hydrogen-bond donors (Lipinski definition) is 1. The van der Waals surface area contributed by atoms with E-state index >= 15 is 0 Å². The van der Waals surface area contributed by atoms with Crippen molar-refractivity contribution >= 4 is 28.3 Å². The van der Waals surface area contributed by atoms with E-state index in [0.717, 1.165) is 41.4 Å². The van der Waals surface area contributed by atoms with E-state index in [4.69, 9.17) is 4.42 Å². The Morgan fingerprint density at radius 3 is 2.65 bits per heavy atom. The molecule has 0 radical (unpaired) electrons. The van der Waals surface area contributed by atoms with Crippen molar-refractivity contribution in [2.45, 2.75) is 26.2 Å². The number of anilines is 3. The second-order valence-corrected chi connectivity index (χ2v) is 5.99. The molecule has 1 aliphatic rings. The molecule has 1 aliphatic heterocycles. The molecule has 0 unspecified atom stereocenters. The van der Waals surface area contributed by atoms with Crippen molar-refractivity contribution in [3.63, 3.8) is 0 Å². The monoisotopic (exact) mass is 308 g/mol. The van der Waals surface area contributed by atoms with Crippen LogP contribution in [0, 0.1) is 6.92 Å². The fourth-order valence-corrected chi connectivity index (χ4v) is 3.06. The van der Waals surface area contributed by atoms with Crippen LogP contribution in [0.15, 0.2) is 40.9 Å². The number of oxazole rings is 1. The molecule has 5 nitrogen and oxygen atoms in total. The van der Waals surface area contributed by atoms with Gasteiger partial charge in [0.15, 0.2) is 11.5 Å². The van der Waals surface area contributed by atoms with E-state index in [-0.39, 0.29) is 0 Å². The Hall–Kier alpha value is -2.56. The van der Waals surface area contributed by atoms with Gasteiger partial charge in [-0.25, -0.2) is 9.97 Å². The number of benzene rings is 1. The number of hydrogen-bond acceptors (Lipinski definition) is 5. The van der Waals surface area contributed by atoms with Crippen LogP contribution >= 0.6 is 0 Å². The van der Waals surface area contributed by atoms with E-state index in [1.54, 1.807) is 0 Å². The lowest BCUT2D eigenvalue weighted by Gasteiger charge is -2.27. The molecule has 0 spiro atoms. The van der Waals surface area contributed by atoms with Crippen molar-refractivity contribution in [2.24, 2.45) is 0 Å². The lowest BCUT2D eigenvalue weighted by Crippen LogP contribution is -2.29. The Kier molecular flexibility index (Phi) is 3.61. The summed E-state index contributed by atoms with van der Waals surface area (Å²) >= 11 is 0. The van der Waals surface area contributed by atoms with Crippen LogP contribution in [0.1, 0.15) is 25.2 Å². The van der Waals surface area contributed by atoms with Gasteiger partial charge in [-0.3, -0.25) is 0 Å². The maximum absolute atomic E-state index is 5.50. The molecule has 1 aromatic carbocycles. The predicted octanol–water partition coefficient (Wildman–Crippen LogP) is 4.27. The van der Waals surface area contributed by atoms with Gasteiger partial charge in [-0.15, -0.1) is 0 Å². The Morgan fingerprint density at radius 2 is 1.87 bits per heavy atom. The summed E-state index contributed by atoms with van der Waals surface area (Å²) in [5.41, 5.74) is 3.64. The van der Waals surface area contributed by atoms with Crippen LogP contribution in [0.25, 0.3) is 11.1 Å². The van der Waals surface area contributed by atoms with Crippen LogP contribution in [-0.4, -0.2) is 23.1 Å². The number of piperidine rings is 1. The first-order valence-corrected chi connectivity index (χ1v) is 8.13. The topological polar surface area (TPSA) is 54.2 Å². The van der Waals surface area contributed by atoms with Gasteiger partial charge < -0.3 is 14.6 Å². The summed E-state index contributed by atoms with van der Waals surface area (Å²) in [6.07, 6.45) is 5.75. The molecular formula is C18H20N4O. The predicted molar refractivity (Wildman–Crippen MR) is 92.3 cm³/mol. The minimum Gasteiger partial charge on any atom is -0.441 e. The van der Waals surface area contributed by atoms with Gasteiger partial charge in [0.2, 0.25) is 0 Å². The number of aromatic nitrogens is 2. The SMILES string of the molecule is Cc1nc2cc(Nc3ccc(N4CCCCC4)nc3)ccc2o1. The summed E-state index contributed by atoms with van der Waals surface area (Å²) < 4.78 is 5.50. The van der Waals surface area contributed by atoms with Crippen molar-refractivity contribution in [3.8, 4) is 0 Å². The lowest BCUT2D eigenvalue weighted by molar-refractivity contribution is 0.561. The number of nitrogens with zero attached hydrogens (tertiary/aromatic N) is 3. The fraction of sp³-hybridized carbons (Fsp3) is 0.333. The van der Waals surface area contributed by atoms with Gasteiger partial charge in [-0.05, 0) is 49.6 Å². The molecule has 5 heteroatoms. The Labute approximate surface area is 135 Å². The van der Waals surface area contributed by atoms with Gasteiger partial charge in [0.05, 0.1) is 11.9 Å². The summed E-state index contributed by atoms with van der Waals surface area (Å²) in [7, 11) is 0. The molecule has 3 heterocycles. The molecular weight excluding hydrogens is 288 g/mol. The van der Waals surface area contributed by atoms with E-state index in [0.29, 0.717) is 5.89 Å². The van der Waals surface area contributed by atoms with Crippen LogP contribution < -0.4 is 10.2 Å². The molecule has 1 N–H and O–H groups in total. The highest BCUT2D eigenvalue weighted by Crippen LogP contribution is 2.24. The minimum absolute atomic E-state index is 0.685. The van der Waals surface area contributed by atoms with Crippen molar-refractivity contribution in [1.29, 1.82) is 0 Å². The molecule has 2 aromatic heterocycles. The molecule has 3 aromatic rings. The maximum Gasteiger partial charge on any atom is 0.192 e. The third-order valence-corrected chi connectivity index (χ3v) is 4.21. The first kappa shape index (κ1) is 14.1. The summed E-state index contributed by atoms with van der Waals surface area (Å²) in [6, 6.07) is 10.1. The summed E-state index contributed by atoms with van der Waals surface area (Å²) in [5, 5.41) is 3.37. The zero-order chi connectivity index (χ0) is 15.6. The molecule has 0 saturated carbocycles. The number of rotatable bonds is 3. The zero-order valence-electron chi connectivity index (χ0n) is 13.2. The highest BCUT2D eigenvalue weighted by Gasteiger charge is 2.11. The second-order valence-electron chi connectivity index (χ2n) is 5.99. The van der Waals surface area contributed by atoms with E-state index in [1.807, 2.05) is 31.3 Å². The third kappa shape index (κ3) is 2.99. The van der Waals surface area contributed by atoms with Gasteiger partial charge in [-0.2, -0.15) is 0 Å². The lowest BCUT2D eigenvalue weighted by atomic mass is 10.1. The van der Waals surface area contributed by atoms with Crippen LogP contribution in [0.2, 0.25) is 0 Å². The summed E-state index contributed by atoms with van der Waals surface area (Å²) in [6.45, 7) is 4.08. The molecule has 0 bridgehead atoms. The van der Waals surface area contributed by atoms with Crippen molar-refractivity contribution in [2.75, 3.05) is 23.3 Å². The van der Waals surface area contributed by atoms with Crippen LogP contribution in [-0.2, 0) is 0 Å². The van der Waals surface area contributed by atoms with Gasteiger partial charge in [0, 0.05) is 25.7 Å². The van der Waals surface area contributed by atoms with Crippen LogP contribution in [0.3, 0.4) is 0 Å². The Bertz CT molecular complexity index is 804. The molecule has 1 saturated heterocycles. The number of fused-ring (bicyclic) bond motifs is 1. The third-order valence-electron chi connectivity index (χ3n) is 4.21. The number of pyridine rings is 1. The first-order valence-electron chi connectivity index (χ1n) is 8.13. The van der Waals surface area contributed by atoms with Crippen LogP contribution in [0.4, 0.5) is 17.2 Å². The molecule has 23 heavy (non-hydrogen) atoms. The zero-order valence-corrected chi connectivity index (χ0v) is 13.2. The van der Waals surface area contributed by atoms with Gasteiger partial charge >= 0.3 is 0 Å². The quantitative estimate of drug-likeness (QED) is 0.783. The standard InChI is InChI=1S/C18H20N4O/c1-13-20-16-11-14(5-7-17(16)23-13)21-15-6-8-18(19-12-15)22-9-3-2-4-10-22/h5-8,11-12,21H,2-4,9-10H2,1H3. The van der Waals surface area contributed by atoms with Crippen LogP contribution in [0.5, 0.6) is 0 Å². The van der Waals surface area contributed by atoms with E-state index in [9.17, 15) is 0 Å². The van der Waals surface area contributed by atoms with Gasteiger partial charge in [-0.1, -0.05) is 0 Å². The maximum atomic E-state index is 5.50. The van der Waals surface area contributed by atoms with E-state index in [1.165, 1.54) is 19.3 Å². The average molecular weight is 308 g/mol. The Balaban J connectivity index is 1.50. The molecule has 0 atom stereocenters. The normalized spacial score (nSPS) is 15.1. The summed E-state index contributed by atoms with van der Waals surface area (Å²) in [5.74, 6) is 1.75. The van der Waals surface area contributed by atoms with E-state index < -0.39 is 0 Å². The van der Waals surface area contributed by atoms with Crippen molar-refractivity contribution in [1.82, 2.24) is 9.97 Å². The minimum atomic E-state index is 0.685. The highest BCUT2D eigenvalue weighted by atomic mass is 16.3. The molecule has 4 rings (SSSR count). The van der Waals surface area contributed by atoms with E-state index in [2.05, 4.69) is 32.3 Å². The van der Waals surface area contributed by atoms with Crippen molar-refractivity contribution < 1.29 is 4.42 Å². The average Bonchev–Trinajstić information content (AvgIpc) is 2.96. The van der Waals surface area contributed by atoms with Gasteiger partial charge in [0.25, 0.3) is 0 Å². The highest BCUT2D eigenvalue weighted by molar-refractivity contribution is 5.78. The first-order chi connectivity index (χ1) is 11.3. The second kappa shape index (κ2) is 5.91. The van der Waals surface area contributed by atoms with Crippen molar-refractivity contribution in [3.05, 3.63) is 42.4 Å². The number of nitrogens with one attached hydrogen (secondary N) is 1. The van der Waals surface area contributed by atoms with Gasteiger partial charge in [0.1, 0.15) is 11.3 Å². The molecule has 118 valence electrons.